The molecule has 0 bridgehead atoms. The third-order valence-corrected chi connectivity index (χ3v) is 9.93. The molecule has 1 aromatic heterocycles. The minimum atomic E-state index is -0.627. The van der Waals surface area contributed by atoms with E-state index in [1.165, 1.54) is 18.9 Å². The molecule has 7 aromatic rings. The van der Waals surface area contributed by atoms with Crippen molar-refractivity contribution in [3.8, 4) is 23.0 Å². The van der Waals surface area contributed by atoms with E-state index in [1.807, 2.05) is 103 Å². The van der Waals surface area contributed by atoms with Crippen LogP contribution in [0.25, 0.3) is 17.0 Å². The van der Waals surface area contributed by atoms with E-state index in [2.05, 4.69) is 4.98 Å². The number of aromatic nitrogens is 1. The quantitative estimate of drug-likeness (QED) is 0.0435. The van der Waals surface area contributed by atoms with Gasteiger partial charge in [0.05, 0.1) is 23.1 Å². The summed E-state index contributed by atoms with van der Waals surface area (Å²) in [5.74, 6) is 0.181. The zero-order valence-corrected chi connectivity index (χ0v) is 32.4. The molecule has 0 unspecified atom stereocenters. The Hall–Kier alpha value is -6.55. The maximum atomic E-state index is 13.8. The predicted octanol–water partition coefficient (Wildman–Crippen LogP) is 11.2. The standard InChI is InChI=1S/C47H36ClNO7S/c1-52-47(51)44(57-43-23-24-49-40-28-37(48)19-22-39(40)43)25-32-17-20-38(21-18-32)56-46(50)36-26-41(53-29-33-11-5-2-6-12-33)45(55-31-35-15-9-4-10-16-35)42(27-36)54-30-34-13-7-3-8-14-34/h2-28H,29-31H2,1H3/b44-25+. The Morgan fingerprint density at radius 1 is 0.667 bits per heavy atom. The highest BCUT2D eigenvalue weighted by atomic mass is 35.5. The Morgan fingerprint density at radius 3 is 1.79 bits per heavy atom. The molecular weight excluding hydrogens is 758 g/mol. The van der Waals surface area contributed by atoms with Crippen LogP contribution in [-0.4, -0.2) is 24.0 Å². The van der Waals surface area contributed by atoms with Crippen molar-refractivity contribution in [1.82, 2.24) is 4.98 Å². The smallest absolute Gasteiger partial charge is 0.344 e. The molecular formula is C47H36ClNO7S. The fourth-order valence-electron chi connectivity index (χ4n) is 5.73. The number of halogens is 1. The number of thioether (sulfide) groups is 1. The first-order chi connectivity index (χ1) is 27.9. The van der Waals surface area contributed by atoms with Crippen LogP contribution in [0.5, 0.6) is 23.0 Å². The van der Waals surface area contributed by atoms with Gasteiger partial charge >= 0.3 is 11.9 Å². The van der Waals surface area contributed by atoms with E-state index >= 15 is 0 Å². The topological polar surface area (TPSA) is 93.2 Å². The third kappa shape index (κ3) is 10.4. The largest absolute Gasteiger partial charge is 0.485 e. The normalized spacial score (nSPS) is 11.2. The molecule has 6 aromatic carbocycles. The van der Waals surface area contributed by atoms with Crippen molar-refractivity contribution in [3.05, 3.63) is 196 Å². The van der Waals surface area contributed by atoms with Gasteiger partial charge in [-0.2, -0.15) is 0 Å². The van der Waals surface area contributed by atoms with Gasteiger partial charge in [0.25, 0.3) is 0 Å². The van der Waals surface area contributed by atoms with Gasteiger partial charge < -0.3 is 23.7 Å². The molecule has 0 spiro atoms. The second-order valence-corrected chi connectivity index (χ2v) is 14.2. The van der Waals surface area contributed by atoms with Crippen LogP contribution in [0.2, 0.25) is 5.02 Å². The van der Waals surface area contributed by atoms with Gasteiger partial charge in [0.1, 0.15) is 25.6 Å². The first-order valence-electron chi connectivity index (χ1n) is 17.9. The first kappa shape index (κ1) is 38.7. The minimum absolute atomic E-state index is 0.201. The molecule has 1 heterocycles. The Morgan fingerprint density at radius 2 is 1.23 bits per heavy atom. The number of fused-ring (bicyclic) bond motifs is 1. The number of carbonyl (C=O) groups excluding carboxylic acids is 2. The molecule has 57 heavy (non-hydrogen) atoms. The number of benzene rings is 6. The highest BCUT2D eigenvalue weighted by molar-refractivity contribution is 8.04. The molecule has 0 amide bonds. The molecule has 0 radical (unpaired) electrons. The molecule has 0 fully saturated rings. The van der Waals surface area contributed by atoms with Crippen molar-refractivity contribution in [2.24, 2.45) is 0 Å². The van der Waals surface area contributed by atoms with E-state index in [4.69, 9.17) is 35.3 Å². The van der Waals surface area contributed by atoms with Crippen LogP contribution in [0.3, 0.4) is 0 Å². The number of rotatable bonds is 15. The van der Waals surface area contributed by atoms with Gasteiger partial charge in [-0.05, 0) is 70.8 Å². The van der Waals surface area contributed by atoms with Gasteiger partial charge in [0.15, 0.2) is 11.5 Å². The Labute approximate surface area is 339 Å². The number of carbonyl (C=O) groups is 2. The lowest BCUT2D eigenvalue weighted by molar-refractivity contribution is -0.135. The summed E-state index contributed by atoms with van der Waals surface area (Å²) in [5, 5.41) is 1.42. The van der Waals surface area contributed by atoms with Crippen molar-refractivity contribution in [2.45, 2.75) is 24.7 Å². The van der Waals surface area contributed by atoms with E-state index in [-0.39, 0.29) is 25.4 Å². The average Bonchev–Trinajstić information content (AvgIpc) is 3.25. The number of pyridine rings is 1. The lowest BCUT2D eigenvalue weighted by Gasteiger charge is -2.19. The zero-order valence-electron chi connectivity index (χ0n) is 30.8. The monoisotopic (exact) mass is 793 g/mol. The minimum Gasteiger partial charge on any atom is -0.485 e. The summed E-state index contributed by atoms with van der Waals surface area (Å²) in [4.78, 5) is 32.3. The molecule has 0 aliphatic rings. The maximum absolute atomic E-state index is 13.8. The van der Waals surface area contributed by atoms with Gasteiger partial charge in [0, 0.05) is 21.5 Å². The number of hydrogen-bond donors (Lipinski definition) is 0. The molecule has 0 atom stereocenters. The van der Waals surface area contributed by atoms with E-state index in [1.54, 1.807) is 60.8 Å². The van der Waals surface area contributed by atoms with Gasteiger partial charge in [-0.1, -0.05) is 133 Å². The van der Waals surface area contributed by atoms with Crippen LogP contribution < -0.4 is 18.9 Å². The first-order valence-corrected chi connectivity index (χ1v) is 19.1. The van der Waals surface area contributed by atoms with Gasteiger partial charge in [-0.3, -0.25) is 4.98 Å². The highest BCUT2D eigenvalue weighted by Gasteiger charge is 2.21. The van der Waals surface area contributed by atoms with Crippen molar-refractivity contribution < 1.29 is 33.3 Å². The number of esters is 2. The summed E-state index contributed by atoms with van der Waals surface area (Å²) in [6, 6.07) is 46.5. The Bertz CT molecular complexity index is 2430. The number of ether oxygens (including phenoxy) is 5. The van der Waals surface area contributed by atoms with Crippen LogP contribution in [0.4, 0.5) is 0 Å². The summed E-state index contributed by atoms with van der Waals surface area (Å²) in [7, 11) is 1.34. The number of methoxy groups -OCH3 is 1. The summed E-state index contributed by atoms with van der Waals surface area (Å²) >= 11 is 7.43. The fourth-order valence-corrected chi connectivity index (χ4v) is 6.91. The molecule has 284 valence electrons. The second kappa shape index (κ2) is 18.9. The third-order valence-electron chi connectivity index (χ3n) is 8.62. The average molecular weight is 794 g/mol. The Kier molecular flexibility index (Phi) is 12.8. The van der Waals surface area contributed by atoms with Gasteiger partial charge in [-0.15, -0.1) is 0 Å². The SMILES string of the molecule is COC(=O)/C(=C\c1ccc(OC(=O)c2cc(OCc3ccccc3)c(OCc3ccccc3)c(OCc3ccccc3)c2)cc1)Sc1ccnc2cc(Cl)ccc12. The predicted molar refractivity (Wildman–Crippen MR) is 223 cm³/mol. The van der Waals surface area contributed by atoms with Crippen molar-refractivity contribution >= 4 is 52.3 Å². The number of nitrogens with zero attached hydrogens (tertiary/aromatic N) is 1. The summed E-state index contributed by atoms with van der Waals surface area (Å²) in [6.45, 7) is 0.705. The highest BCUT2D eigenvalue weighted by Crippen LogP contribution is 2.41. The fraction of sp³-hybridized carbons (Fsp3) is 0.0851. The summed E-state index contributed by atoms with van der Waals surface area (Å²) < 4.78 is 30.0. The van der Waals surface area contributed by atoms with Crippen LogP contribution >= 0.6 is 23.4 Å². The van der Waals surface area contributed by atoms with Crippen molar-refractivity contribution in [1.29, 1.82) is 0 Å². The van der Waals surface area contributed by atoms with Crippen molar-refractivity contribution in [3.63, 3.8) is 0 Å². The van der Waals surface area contributed by atoms with Gasteiger partial charge in [-0.25, -0.2) is 9.59 Å². The van der Waals surface area contributed by atoms with E-state index in [0.29, 0.717) is 44.0 Å². The molecule has 0 saturated heterocycles. The molecule has 0 aliphatic heterocycles. The van der Waals surface area contributed by atoms with E-state index < -0.39 is 11.9 Å². The van der Waals surface area contributed by atoms with Crippen LogP contribution in [0.15, 0.2) is 168 Å². The summed E-state index contributed by atoms with van der Waals surface area (Å²) in [5.41, 5.74) is 4.43. The van der Waals surface area contributed by atoms with Crippen LogP contribution in [0.1, 0.15) is 32.6 Å². The zero-order chi connectivity index (χ0) is 39.4. The summed E-state index contributed by atoms with van der Waals surface area (Å²) in [6.07, 6.45) is 3.38. The van der Waals surface area contributed by atoms with Crippen LogP contribution in [-0.2, 0) is 29.4 Å². The molecule has 0 aliphatic carbocycles. The van der Waals surface area contributed by atoms with Crippen molar-refractivity contribution in [2.75, 3.05) is 7.11 Å². The maximum Gasteiger partial charge on any atom is 0.344 e. The second-order valence-electron chi connectivity index (χ2n) is 12.7. The number of hydrogen-bond acceptors (Lipinski definition) is 9. The molecule has 0 N–H and O–H groups in total. The Balaban J connectivity index is 1.15. The molecule has 8 nitrogen and oxygen atoms in total. The molecule has 7 rings (SSSR count). The molecule has 0 saturated carbocycles. The lowest BCUT2D eigenvalue weighted by Crippen LogP contribution is -2.11. The van der Waals surface area contributed by atoms with E-state index in [9.17, 15) is 9.59 Å². The molecule has 10 heteroatoms. The van der Waals surface area contributed by atoms with E-state index in [0.717, 1.165) is 27.0 Å². The lowest BCUT2D eigenvalue weighted by atomic mass is 10.1. The van der Waals surface area contributed by atoms with Gasteiger partial charge in [0.2, 0.25) is 5.75 Å². The van der Waals surface area contributed by atoms with Crippen LogP contribution in [0, 0.1) is 0 Å².